The van der Waals surface area contributed by atoms with Crippen LogP contribution in [0.3, 0.4) is 0 Å². The molecule has 1 heterocycles. The Morgan fingerprint density at radius 2 is 1.61 bits per heavy atom. The van der Waals surface area contributed by atoms with Crippen molar-refractivity contribution in [3.63, 3.8) is 0 Å². The number of halogens is 3. The lowest BCUT2D eigenvalue weighted by Gasteiger charge is -2.34. The highest BCUT2D eigenvalue weighted by Gasteiger charge is 2.31. The van der Waals surface area contributed by atoms with Crippen molar-refractivity contribution in [3.05, 3.63) is 59.1 Å². The van der Waals surface area contributed by atoms with E-state index in [0.717, 1.165) is 0 Å². The van der Waals surface area contributed by atoms with Crippen molar-refractivity contribution in [2.75, 3.05) is 26.2 Å². The third-order valence-electron chi connectivity index (χ3n) is 4.31. The topological polar surface area (TPSA) is 66.9 Å². The van der Waals surface area contributed by atoms with Gasteiger partial charge in [-0.25, -0.2) is 8.42 Å². The molecule has 6 nitrogen and oxygen atoms in total. The second kappa shape index (κ2) is 8.42. The summed E-state index contributed by atoms with van der Waals surface area (Å²) in [4.78, 5) is 14.2. The van der Waals surface area contributed by atoms with Crippen LogP contribution in [-0.4, -0.2) is 56.3 Å². The van der Waals surface area contributed by atoms with E-state index in [0.29, 0.717) is 5.02 Å². The van der Waals surface area contributed by atoms with Crippen molar-refractivity contribution in [2.45, 2.75) is 11.5 Å². The van der Waals surface area contributed by atoms with Gasteiger partial charge in [0.15, 0.2) is 0 Å². The van der Waals surface area contributed by atoms with E-state index in [4.69, 9.17) is 11.6 Å². The van der Waals surface area contributed by atoms with Crippen molar-refractivity contribution >= 4 is 27.5 Å². The first-order valence-corrected chi connectivity index (χ1v) is 10.2. The summed E-state index contributed by atoms with van der Waals surface area (Å²) in [6, 6.07) is 11.6. The molecule has 0 radical (unpaired) electrons. The van der Waals surface area contributed by atoms with Crippen LogP contribution in [0.5, 0.6) is 5.75 Å². The molecule has 1 fully saturated rings. The monoisotopic (exact) mass is 430 g/mol. The van der Waals surface area contributed by atoms with E-state index in [1.807, 2.05) is 0 Å². The maximum absolute atomic E-state index is 12.7. The van der Waals surface area contributed by atoms with Gasteiger partial charge in [-0.2, -0.15) is 13.1 Å². The summed E-state index contributed by atoms with van der Waals surface area (Å²) in [5.74, 6) is -0.696. The fraction of sp³-hybridized carbons (Fsp3) is 0.278. The Kier molecular flexibility index (Phi) is 6.17. The zero-order valence-electron chi connectivity index (χ0n) is 14.6. The number of ether oxygens (including phenoxy) is 1. The number of piperazine rings is 1. The molecule has 0 unspecified atom stereocenters. The average Bonchev–Trinajstić information content (AvgIpc) is 2.68. The normalized spacial score (nSPS) is 15.6. The lowest BCUT2D eigenvalue weighted by Crippen LogP contribution is -2.50. The second-order valence-electron chi connectivity index (χ2n) is 6.02. The lowest BCUT2D eigenvalue weighted by atomic mass is 10.1. The SMILES string of the molecule is O=C(c1ccccc1OC(F)F)N1CCN(S(=O)(=O)c2ccc(Cl)cc2)CC1. The summed E-state index contributed by atoms with van der Waals surface area (Å²) in [5.41, 5.74) is 0.0109. The molecule has 2 aromatic rings. The molecule has 1 aliphatic heterocycles. The van der Waals surface area contributed by atoms with Crippen LogP contribution in [0, 0.1) is 0 Å². The van der Waals surface area contributed by atoms with Gasteiger partial charge < -0.3 is 9.64 Å². The number of sulfonamides is 1. The van der Waals surface area contributed by atoms with Crippen LogP contribution in [0.4, 0.5) is 8.78 Å². The van der Waals surface area contributed by atoms with Crippen molar-refractivity contribution in [2.24, 2.45) is 0 Å². The molecule has 0 atom stereocenters. The largest absolute Gasteiger partial charge is 0.434 e. The van der Waals surface area contributed by atoms with E-state index in [1.54, 1.807) is 6.07 Å². The molecule has 0 aliphatic carbocycles. The number of carbonyl (C=O) groups is 1. The van der Waals surface area contributed by atoms with Crippen LogP contribution in [0.25, 0.3) is 0 Å². The number of alkyl halides is 2. The van der Waals surface area contributed by atoms with Crippen LogP contribution >= 0.6 is 11.6 Å². The van der Waals surface area contributed by atoms with Crippen LogP contribution in [-0.2, 0) is 10.0 Å². The van der Waals surface area contributed by atoms with Crippen molar-refractivity contribution in [1.29, 1.82) is 0 Å². The van der Waals surface area contributed by atoms with Gasteiger partial charge in [0.25, 0.3) is 5.91 Å². The number of rotatable bonds is 5. The Bertz CT molecular complexity index is 946. The Morgan fingerprint density at radius 3 is 2.21 bits per heavy atom. The summed E-state index contributed by atoms with van der Waals surface area (Å²) < 4.78 is 56.2. The second-order valence-corrected chi connectivity index (χ2v) is 8.40. The number of benzene rings is 2. The van der Waals surface area contributed by atoms with E-state index in [1.165, 1.54) is 51.7 Å². The van der Waals surface area contributed by atoms with E-state index in [2.05, 4.69) is 4.74 Å². The number of carbonyl (C=O) groups excluding carboxylic acids is 1. The molecule has 0 spiro atoms. The molecule has 0 saturated carbocycles. The summed E-state index contributed by atoms with van der Waals surface area (Å²) in [6.07, 6.45) is 0. The van der Waals surface area contributed by atoms with E-state index in [9.17, 15) is 22.0 Å². The fourth-order valence-corrected chi connectivity index (χ4v) is 4.45. The number of para-hydroxylation sites is 1. The Hall–Kier alpha value is -2.23. The van der Waals surface area contributed by atoms with Crippen LogP contribution < -0.4 is 4.74 Å². The summed E-state index contributed by atoms with van der Waals surface area (Å²) in [7, 11) is -3.70. The zero-order chi connectivity index (χ0) is 20.3. The van der Waals surface area contributed by atoms with E-state index >= 15 is 0 Å². The quantitative estimate of drug-likeness (QED) is 0.731. The fourth-order valence-electron chi connectivity index (χ4n) is 2.90. The number of nitrogens with zero attached hydrogens (tertiary/aromatic N) is 2. The minimum atomic E-state index is -3.70. The Labute approximate surface area is 166 Å². The molecule has 0 aromatic heterocycles. The van der Waals surface area contributed by atoms with Gasteiger partial charge in [0.2, 0.25) is 10.0 Å². The van der Waals surface area contributed by atoms with Crippen molar-refractivity contribution in [1.82, 2.24) is 9.21 Å². The number of hydrogen-bond donors (Lipinski definition) is 0. The van der Waals surface area contributed by atoms with Crippen molar-refractivity contribution < 1.29 is 26.7 Å². The molecular formula is C18H17ClF2N2O4S. The van der Waals surface area contributed by atoms with Gasteiger partial charge >= 0.3 is 6.61 Å². The molecule has 1 amide bonds. The lowest BCUT2D eigenvalue weighted by molar-refractivity contribution is -0.0503. The molecule has 150 valence electrons. The van der Waals surface area contributed by atoms with E-state index < -0.39 is 22.5 Å². The smallest absolute Gasteiger partial charge is 0.387 e. The Balaban J connectivity index is 1.70. The molecule has 2 aromatic carbocycles. The van der Waals surface area contributed by atoms with Crippen LogP contribution in [0.15, 0.2) is 53.4 Å². The minimum Gasteiger partial charge on any atom is -0.434 e. The number of hydrogen-bond acceptors (Lipinski definition) is 4. The predicted octanol–water partition coefficient (Wildman–Crippen LogP) is 3.09. The molecular weight excluding hydrogens is 414 g/mol. The molecule has 28 heavy (non-hydrogen) atoms. The van der Waals surface area contributed by atoms with Gasteiger partial charge in [-0.3, -0.25) is 4.79 Å². The molecule has 3 rings (SSSR count). The highest BCUT2D eigenvalue weighted by Crippen LogP contribution is 2.24. The third kappa shape index (κ3) is 4.43. The van der Waals surface area contributed by atoms with Crippen LogP contribution in [0.2, 0.25) is 5.02 Å². The first kappa shape index (κ1) is 20.5. The maximum atomic E-state index is 12.7. The summed E-state index contributed by atoms with van der Waals surface area (Å²) in [6.45, 7) is -2.60. The zero-order valence-corrected chi connectivity index (χ0v) is 16.2. The van der Waals surface area contributed by atoms with Crippen LogP contribution in [0.1, 0.15) is 10.4 Å². The highest BCUT2D eigenvalue weighted by atomic mass is 35.5. The first-order chi connectivity index (χ1) is 13.3. The molecule has 1 saturated heterocycles. The summed E-state index contributed by atoms with van der Waals surface area (Å²) >= 11 is 5.79. The minimum absolute atomic E-state index is 0.0109. The first-order valence-electron chi connectivity index (χ1n) is 8.38. The Morgan fingerprint density at radius 1 is 1.00 bits per heavy atom. The molecule has 1 aliphatic rings. The van der Waals surface area contributed by atoms with Crippen molar-refractivity contribution in [3.8, 4) is 5.75 Å². The van der Waals surface area contributed by atoms with Gasteiger partial charge in [0.05, 0.1) is 10.5 Å². The van der Waals surface area contributed by atoms with Gasteiger partial charge in [-0.1, -0.05) is 23.7 Å². The van der Waals surface area contributed by atoms with Gasteiger partial charge in [-0.05, 0) is 36.4 Å². The van der Waals surface area contributed by atoms with Gasteiger partial charge in [0.1, 0.15) is 5.75 Å². The summed E-state index contributed by atoms with van der Waals surface area (Å²) in [5, 5.41) is 0.430. The van der Waals surface area contributed by atoms with E-state index in [-0.39, 0.29) is 42.4 Å². The standard InChI is InChI=1S/C18H17ClF2N2O4S/c19-13-5-7-14(8-6-13)28(25,26)23-11-9-22(10-12-23)17(24)15-3-1-2-4-16(15)27-18(20)21/h1-8,18H,9-12H2. The average molecular weight is 431 g/mol. The molecule has 0 bridgehead atoms. The predicted molar refractivity (Wildman–Crippen MR) is 99.2 cm³/mol. The highest BCUT2D eigenvalue weighted by molar-refractivity contribution is 7.89. The number of amides is 1. The maximum Gasteiger partial charge on any atom is 0.387 e. The third-order valence-corrected chi connectivity index (χ3v) is 6.48. The van der Waals surface area contributed by atoms with Gasteiger partial charge in [-0.15, -0.1) is 0 Å². The molecule has 0 N–H and O–H groups in total. The molecule has 10 heteroatoms. The van der Waals surface area contributed by atoms with Gasteiger partial charge in [0, 0.05) is 31.2 Å².